The lowest BCUT2D eigenvalue weighted by atomic mass is 10.0. The molecule has 0 unspecified atom stereocenters. The molecule has 0 saturated heterocycles. The number of carbonyl (C=O) groups is 1. The number of aromatic nitrogens is 3. The van der Waals surface area contributed by atoms with Gasteiger partial charge in [-0.1, -0.05) is 43.5 Å². The van der Waals surface area contributed by atoms with Gasteiger partial charge in [0, 0.05) is 25.1 Å². The van der Waals surface area contributed by atoms with E-state index in [-0.39, 0.29) is 16.6 Å². The van der Waals surface area contributed by atoms with E-state index in [0.29, 0.717) is 29.6 Å². The first kappa shape index (κ1) is 22.8. The quantitative estimate of drug-likeness (QED) is 0.477. The van der Waals surface area contributed by atoms with Crippen LogP contribution < -0.4 is 10.0 Å². The summed E-state index contributed by atoms with van der Waals surface area (Å²) in [6.07, 6.45) is 8.75. The maximum absolute atomic E-state index is 12.5. The number of thioether (sulfide) groups is 1. The first-order valence-corrected chi connectivity index (χ1v) is 13.4. The number of carbonyl (C=O) groups excluding carboxylic acids is 1. The van der Waals surface area contributed by atoms with Crippen LogP contribution in [0, 0.1) is 5.92 Å². The number of aryl methyl sites for hydroxylation is 1. The van der Waals surface area contributed by atoms with Crippen LogP contribution >= 0.6 is 11.8 Å². The van der Waals surface area contributed by atoms with Gasteiger partial charge in [-0.2, -0.15) is 0 Å². The van der Waals surface area contributed by atoms with Crippen molar-refractivity contribution in [2.75, 3.05) is 17.6 Å². The third-order valence-corrected chi connectivity index (χ3v) is 7.89. The number of H-pyrrole nitrogens is 1. The molecule has 1 aromatic carbocycles. The molecule has 0 spiro atoms. The fourth-order valence-electron chi connectivity index (χ4n) is 4.00. The summed E-state index contributed by atoms with van der Waals surface area (Å²) in [6, 6.07) is 6.18. The lowest BCUT2D eigenvalue weighted by molar-refractivity contribution is -0.113. The van der Waals surface area contributed by atoms with Crippen LogP contribution in [-0.2, 0) is 21.2 Å². The van der Waals surface area contributed by atoms with Gasteiger partial charge in [0.05, 0.1) is 10.6 Å². The Kier molecular flexibility index (Phi) is 7.46. The number of hydrogen-bond donors (Lipinski definition) is 3. The molecule has 32 heavy (non-hydrogen) atoms. The number of nitrogens with zero attached hydrogens (tertiary/aromatic N) is 3. The topological polar surface area (TPSA) is 129 Å². The summed E-state index contributed by atoms with van der Waals surface area (Å²) < 4.78 is 27.6. The number of sulfonamides is 1. The molecule has 1 amide bonds. The molecule has 1 aliphatic carbocycles. The Hall–Kier alpha value is -2.40. The number of aromatic amines is 1. The second kappa shape index (κ2) is 10.5. The lowest BCUT2D eigenvalue weighted by Crippen LogP contribution is -2.29. The molecular formula is C21H28N6O3S2. The van der Waals surface area contributed by atoms with E-state index in [1.807, 2.05) is 0 Å². The van der Waals surface area contributed by atoms with E-state index in [1.54, 1.807) is 12.1 Å². The fraction of sp³-hybridized carbons (Fsp3) is 0.524. The summed E-state index contributed by atoms with van der Waals surface area (Å²) in [5, 5.41) is 10.4. The molecule has 0 atom stereocenters. The van der Waals surface area contributed by atoms with Gasteiger partial charge >= 0.3 is 0 Å². The summed E-state index contributed by atoms with van der Waals surface area (Å²) >= 11 is 1.25. The van der Waals surface area contributed by atoms with Crippen LogP contribution in [0.25, 0.3) is 0 Å². The van der Waals surface area contributed by atoms with Crippen molar-refractivity contribution in [2.24, 2.45) is 10.9 Å². The highest BCUT2D eigenvalue weighted by atomic mass is 32.2. The zero-order valence-electron chi connectivity index (χ0n) is 17.8. The van der Waals surface area contributed by atoms with Gasteiger partial charge in [-0.25, -0.2) is 13.4 Å². The Balaban J connectivity index is 1.26. The van der Waals surface area contributed by atoms with Gasteiger partial charge in [-0.15, -0.1) is 5.10 Å². The van der Waals surface area contributed by atoms with Crippen LogP contribution in [0.5, 0.6) is 0 Å². The Labute approximate surface area is 192 Å². The number of amides is 1. The van der Waals surface area contributed by atoms with E-state index in [4.69, 9.17) is 0 Å². The fourth-order valence-corrected chi connectivity index (χ4v) is 5.75. The van der Waals surface area contributed by atoms with Gasteiger partial charge in [0.1, 0.15) is 11.7 Å². The normalized spacial score (nSPS) is 16.8. The van der Waals surface area contributed by atoms with E-state index in [2.05, 4.69) is 30.2 Å². The molecule has 0 bridgehead atoms. The van der Waals surface area contributed by atoms with Crippen molar-refractivity contribution in [1.82, 2.24) is 19.9 Å². The van der Waals surface area contributed by atoms with Crippen molar-refractivity contribution < 1.29 is 13.2 Å². The van der Waals surface area contributed by atoms with Crippen LogP contribution in [0.2, 0.25) is 0 Å². The minimum absolute atomic E-state index is 0.0819. The second-order valence-corrected chi connectivity index (χ2v) is 10.8. The second-order valence-electron chi connectivity index (χ2n) is 8.16. The van der Waals surface area contributed by atoms with Crippen LogP contribution in [-0.4, -0.2) is 47.6 Å². The maximum atomic E-state index is 12.5. The number of hydrogen-bond acceptors (Lipinski definition) is 7. The molecule has 4 rings (SSSR count). The van der Waals surface area contributed by atoms with Gasteiger partial charge in [-0.3, -0.25) is 19.6 Å². The van der Waals surface area contributed by atoms with Gasteiger partial charge < -0.3 is 5.32 Å². The Bertz CT molecular complexity index is 1080. The van der Waals surface area contributed by atoms with Crippen LogP contribution in [0.4, 0.5) is 5.69 Å². The minimum atomic E-state index is -3.73. The van der Waals surface area contributed by atoms with Gasteiger partial charge in [-0.05, 0) is 37.0 Å². The summed E-state index contributed by atoms with van der Waals surface area (Å²) in [5.74, 6) is 2.01. The van der Waals surface area contributed by atoms with Crippen molar-refractivity contribution in [3.05, 3.63) is 30.1 Å². The molecule has 9 nitrogen and oxygen atoms in total. The molecule has 3 N–H and O–H groups in total. The zero-order valence-corrected chi connectivity index (χ0v) is 19.5. The smallest absolute Gasteiger partial charge is 0.262 e. The SMILES string of the molecule is O=C(CSc1n[nH]c(CCC2CCCC2)n1)Nc1cccc(S(=O)(=O)NC2=NCCC2)c1. The van der Waals surface area contributed by atoms with E-state index < -0.39 is 10.0 Å². The molecule has 1 saturated carbocycles. The van der Waals surface area contributed by atoms with Gasteiger partial charge in [0.2, 0.25) is 11.1 Å². The summed E-state index contributed by atoms with van der Waals surface area (Å²) in [6.45, 7) is 0.637. The lowest BCUT2D eigenvalue weighted by Gasteiger charge is -2.10. The van der Waals surface area contributed by atoms with E-state index in [0.717, 1.165) is 31.0 Å². The van der Waals surface area contributed by atoms with Crippen LogP contribution in [0.15, 0.2) is 39.3 Å². The number of anilines is 1. The first-order chi connectivity index (χ1) is 15.5. The summed E-state index contributed by atoms with van der Waals surface area (Å²) in [4.78, 5) is 21.0. The molecule has 0 radical (unpaired) electrons. The van der Waals surface area contributed by atoms with E-state index in [9.17, 15) is 13.2 Å². The van der Waals surface area contributed by atoms with Crippen molar-refractivity contribution >= 4 is 39.2 Å². The predicted molar refractivity (Wildman–Crippen MR) is 124 cm³/mol. The number of amidine groups is 1. The van der Waals surface area contributed by atoms with Crippen molar-refractivity contribution in [2.45, 2.75) is 61.4 Å². The summed E-state index contributed by atoms with van der Waals surface area (Å²) in [7, 11) is -3.73. The average Bonchev–Trinajstić information content (AvgIpc) is 3.54. The Morgan fingerprint density at radius 3 is 2.84 bits per heavy atom. The Morgan fingerprint density at radius 1 is 1.22 bits per heavy atom. The molecule has 1 aliphatic heterocycles. The highest BCUT2D eigenvalue weighted by Crippen LogP contribution is 2.28. The number of nitrogens with one attached hydrogen (secondary N) is 3. The third kappa shape index (κ3) is 6.32. The molecular weight excluding hydrogens is 448 g/mol. The standard InChI is InChI=1S/C21H28N6O3S2/c28-20(14-31-21-24-19(25-26-21)11-10-15-5-1-2-6-15)23-16-7-3-8-17(13-16)32(29,30)27-18-9-4-12-22-18/h3,7-8,13,15H,1-2,4-6,9-12,14H2,(H,22,27)(H,23,28)(H,24,25,26). The molecule has 1 aromatic heterocycles. The minimum Gasteiger partial charge on any atom is -0.325 e. The van der Waals surface area contributed by atoms with Gasteiger partial charge in [0.25, 0.3) is 10.0 Å². The molecule has 2 aromatic rings. The number of benzene rings is 1. The zero-order chi connectivity index (χ0) is 22.4. The average molecular weight is 477 g/mol. The van der Waals surface area contributed by atoms with Crippen molar-refractivity contribution in [3.63, 3.8) is 0 Å². The first-order valence-electron chi connectivity index (χ1n) is 11.0. The van der Waals surface area contributed by atoms with Crippen LogP contribution in [0.3, 0.4) is 0 Å². The highest BCUT2D eigenvalue weighted by molar-refractivity contribution is 7.99. The predicted octanol–water partition coefficient (Wildman–Crippen LogP) is 3.13. The largest absolute Gasteiger partial charge is 0.325 e. The highest BCUT2D eigenvalue weighted by Gasteiger charge is 2.19. The molecule has 11 heteroatoms. The number of rotatable bonds is 9. The molecule has 2 heterocycles. The number of aliphatic imine (C=N–C) groups is 1. The van der Waals surface area contributed by atoms with E-state index >= 15 is 0 Å². The Morgan fingerprint density at radius 2 is 2.06 bits per heavy atom. The monoisotopic (exact) mass is 476 g/mol. The maximum Gasteiger partial charge on any atom is 0.262 e. The molecule has 1 fully saturated rings. The third-order valence-electron chi connectivity index (χ3n) is 5.66. The van der Waals surface area contributed by atoms with E-state index in [1.165, 1.54) is 49.6 Å². The molecule has 172 valence electrons. The van der Waals surface area contributed by atoms with Gasteiger partial charge in [0.15, 0.2) is 0 Å². The van der Waals surface area contributed by atoms with Crippen molar-refractivity contribution in [1.29, 1.82) is 0 Å². The molecule has 2 aliphatic rings. The van der Waals surface area contributed by atoms with Crippen molar-refractivity contribution in [3.8, 4) is 0 Å². The van der Waals surface area contributed by atoms with Crippen LogP contribution in [0.1, 0.15) is 50.8 Å². The summed E-state index contributed by atoms with van der Waals surface area (Å²) in [5.41, 5.74) is 0.416.